The molecular weight excluding hydrogens is 218 g/mol. The van der Waals surface area contributed by atoms with Gasteiger partial charge in [0.05, 0.1) is 29.1 Å². The topological polar surface area (TPSA) is 82.6 Å². The van der Waals surface area contributed by atoms with Gasteiger partial charge in [-0.15, -0.1) is 0 Å². The van der Waals surface area contributed by atoms with Gasteiger partial charge in [0.15, 0.2) is 0 Å². The van der Waals surface area contributed by atoms with Gasteiger partial charge >= 0.3 is 0 Å². The smallest absolute Gasteiger partial charge is 0.147 e. The van der Waals surface area contributed by atoms with E-state index in [9.17, 15) is 10.2 Å². The van der Waals surface area contributed by atoms with Crippen molar-refractivity contribution in [1.82, 2.24) is 4.98 Å². The maximum absolute atomic E-state index is 9.39. The van der Waals surface area contributed by atoms with Gasteiger partial charge in [0, 0.05) is 13.1 Å². The number of aliphatic hydroxyl groups is 2. The third-order valence-electron chi connectivity index (χ3n) is 2.40. The lowest BCUT2D eigenvalue weighted by Crippen LogP contribution is -2.22. The molecule has 4 N–H and O–H groups in total. The monoisotopic (exact) mass is 229 g/mol. The predicted molar refractivity (Wildman–Crippen MR) is 57.9 cm³/mol. The molecule has 1 fully saturated rings. The number of nitrogens with two attached hydrogens (primary N) is 1. The van der Waals surface area contributed by atoms with Crippen molar-refractivity contribution in [2.24, 2.45) is 0 Å². The highest BCUT2D eigenvalue weighted by atomic mass is 35.5. The molecule has 0 bridgehead atoms. The van der Waals surface area contributed by atoms with Crippen LogP contribution in [0.4, 0.5) is 11.5 Å². The van der Waals surface area contributed by atoms with Gasteiger partial charge < -0.3 is 20.8 Å². The summed E-state index contributed by atoms with van der Waals surface area (Å²) in [5.41, 5.74) is 6.01. The summed E-state index contributed by atoms with van der Waals surface area (Å²) >= 11 is 5.96. The van der Waals surface area contributed by atoms with Gasteiger partial charge in [0.2, 0.25) is 0 Å². The van der Waals surface area contributed by atoms with Crippen molar-refractivity contribution in [3.05, 3.63) is 17.3 Å². The van der Waals surface area contributed by atoms with E-state index in [4.69, 9.17) is 17.3 Å². The molecule has 2 atom stereocenters. The highest BCUT2D eigenvalue weighted by Crippen LogP contribution is 2.27. The van der Waals surface area contributed by atoms with E-state index in [1.807, 2.05) is 0 Å². The van der Waals surface area contributed by atoms with Crippen LogP contribution >= 0.6 is 11.6 Å². The number of halogens is 1. The van der Waals surface area contributed by atoms with E-state index in [-0.39, 0.29) is 0 Å². The highest BCUT2D eigenvalue weighted by Gasteiger charge is 2.31. The molecule has 0 radical (unpaired) electrons. The van der Waals surface area contributed by atoms with E-state index in [0.717, 1.165) is 0 Å². The Labute approximate surface area is 92.1 Å². The first-order valence-corrected chi connectivity index (χ1v) is 4.98. The first kappa shape index (κ1) is 10.5. The van der Waals surface area contributed by atoms with Crippen LogP contribution in [0.2, 0.25) is 5.02 Å². The molecule has 1 aliphatic heterocycles. The lowest BCUT2D eigenvalue weighted by Gasteiger charge is -2.17. The van der Waals surface area contributed by atoms with E-state index < -0.39 is 12.2 Å². The van der Waals surface area contributed by atoms with Crippen LogP contribution in [0.15, 0.2) is 12.3 Å². The molecule has 0 saturated carbocycles. The first-order chi connectivity index (χ1) is 7.08. The summed E-state index contributed by atoms with van der Waals surface area (Å²) in [5, 5.41) is 19.2. The Morgan fingerprint density at radius 1 is 1.40 bits per heavy atom. The fourth-order valence-corrected chi connectivity index (χ4v) is 1.91. The maximum Gasteiger partial charge on any atom is 0.147 e. The van der Waals surface area contributed by atoms with Crippen LogP contribution in [0, 0.1) is 0 Å². The molecule has 0 amide bonds. The number of nitrogen functional groups attached to an aromatic ring is 1. The number of anilines is 2. The molecule has 82 valence electrons. The standard InChI is InChI=1S/C9H12ClN3O2/c10-6-1-5(11)2-12-9(6)13-3-7(14)8(15)4-13/h1-2,7-8,14-15H,3-4,11H2. The van der Waals surface area contributed by atoms with Crippen LogP contribution in [0.3, 0.4) is 0 Å². The molecule has 1 saturated heterocycles. The van der Waals surface area contributed by atoms with Gasteiger partial charge in [0.1, 0.15) is 5.82 Å². The van der Waals surface area contributed by atoms with Crippen LogP contribution in [-0.2, 0) is 0 Å². The Morgan fingerprint density at radius 3 is 2.53 bits per heavy atom. The van der Waals surface area contributed by atoms with E-state index in [2.05, 4.69) is 4.98 Å². The number of aliphatic hydroxyl groups excluding tert-OH is 2. The summed E-state index contributed by atoms with van der Waals surface area (Å²) < 4.78 is 0. The van der Waals surface area contributed by atoms with Crippen molar-refractivity contribution in [3.63, 3.8) is 0 Å². The van der Waals surface area contributed by atoms with Crippen LogP contribution in [0.5, 0.6) is 0 Å². The van der Waals surface area contributed by atoms with E-state index in [0.29, 0.717) is 29.6 Å². The molecule has 5 nitrogen and oxygen atoms in total. The van der Waals surface area contributed by atoms with Gasteiger partial charge in [0.25, 0.3) is 0 Å². The summed E-state index contributed by atoms with van der Waals surface area (Å²) in [6.07, 6.45) is -0.000914. The molecule has 0 aromatic carbocycles. The summed E-state index contributed by atoms with van der Waals surface area (Å²) in [6.45, 7) is 0.662. The van der Waals surface area contributed by atoms with Crippen molar-refractivity contribution < 1.29 is 10.2 Å². The molecule has 2 heterocycles. The lowest BCUT2D eigenvalue weighted by atomic mass is 10.3. The molecule has 0 spiro atoms. The SMILES string of the molecule is Nc1cnc(N2CC(O)C(O)C2)c(Cl)c1. The zero-order valence-corrected chi connectivity index (χ0v) is 8.72. The Hall–Kier alpha value is -1.04. The number of pyridine rings is 1. The molecule has 1 aromatic heterocycles. The molecule has 15 heavy (non-hydrogen) atoms. The summed E-state index contributed by atoms with van der Waals surface area (Å²) in [5.74, 6) is 0.543. The Morgan fingerprint density at radius 2 is 2.00 bits per heavy atom. The van der Waals surface area contributed by atoms with Crippen LogP contribution in [0.1, 0.15) is 0 Å². The van der Waals surface area contributed by atoms with Crippen LogP contribution < -0.4 is 10.6 Å². The van der Waals surface area contributed by atoms with Gasteiger partial charge in [-0.25, -0.2) is 4.98 Å². The number of aromatic nitrogens is 1. The normalized spacial score (nSPS) is 25.9. The quantitative estimate of drug-likeness (QED) is 0.624. The Kier molecular flexibility index (Phi) is 2.68. The molecule has 2 rings (SSSR count). The number of hydrogen-bond donors (Lipinski definition) is 3. The zero-order valence-electron chi connectivity index (χ0n) is 7.97. The van der Waals surface area contributed by atoms with Crippen molar-refractivity contribution in [2.75, 3.05) is 23.7 Å². The van der Waals surface area contributed by atoms with Gasteiger partial charge in [-0.3, -0.25) is 0 Å². The van der Waals surface area contributed by atoms with Crippen LogP contribution in [0.25, 0.3) is 0 Å². The molecule has 1 aliphatic rings. The van der Waals surface area contributed by atoms with Gasteiger partial charge in [-0.05, 0) is 6.07 Å². The third kappa shape index (κ3) is 1.99. The second-order valence-corrected chi connectivity index (χ2v) is 4.02. The number of nitrogens with zero attached hydrogens (tertiary/aromatic N) is 2. The number of hydrogen-bond acceptors (Lipinski definition) is 5. The van der Waals surface area contributed by atoms with E-state index >= 15 is 0 Å². The van der Waals surface area contributed by atoms with Crippen molar-refractivity contribution in [1.29, 1.82) is 0 Å². The zero-order chi connectivity index (χ0) is 11.0. The molecule has 0 aliphatic carbocycles. The average Bonchev–Trinajstić information content (AvgIpc) is 2.46. The summed E-state index contributed by atoms with van der Waals surface area (Å²) in [4.78, 5) is 5.81. The van der Waals surface area contributed by atoms with E-state index in [1.54, 1.807) is 11.0 Å². The van der Waals surface area contributed by atoms with Crippen molar-refractivity contribution >= 4 is 23.1 Å². The van der Waals surface area contributed by atoms with E-state index in [1.165, 1.54) is 6.20 Å². The summed E-state index contributed by atoms with van der Waals surface area (Å²) in [6, 6.07) is 1.60. The number of rotatable bonds is 1. The summed E-state index contributed by atoms with van der Waals surface area (Å²) in [7, 11) is 0. The minimum absolute atomic E-state index is 0.331. The van der Waals surface area contributed by atoms with Crippen molar-refractivity contribution in [3.8, 4) is 0 Å². The molecular formula is C9H12ClN3O2. The highest BCUT2D eigenvalue weighted by molar-refractivity contribution is 6.33. The number of β-amino-alcohol motifs (C(OH)–C–C–N with tert-alkyl or cyclic N) is 2. The van der Waals surface area contributed by atoms with Crippen molar-refractivity contribution in [2.45, 2.75) is 12.2 Å². The predicted octanol–water partition coefficient (Wildman–Crippen LogP) is -0.141. The Bertz CT molecular complexity index is 364. The lowest BCUT2D eigenvalue weighted by molar-refractivity contribution is 0.0572. The minimum atomic E-state index is -0.750. The molecule has 6 heteroatoms. The fraction of sp³-hybridized carbons (Fsp3) is 0.444. The second-order valence-electron chi connectivity index (χ2n) is 3.61. The first-order valence-electron chi connectivity index (χ1n) is 4.60. The van der Waals surface area contributed by atoms with Crippen LogP contribution in [-0.4, -0.2) is 40.5 Å². The second kappa shape index (κ2) is 3.84. The van der Waals surface area contributed by atoms with Gasteiger partial charge in [-0.1, -0.05) is 11.6 Å². The third-order valence-corrected chi connectivity index (χ3v) is 2.68. The largest absolute Gasteiger partial charge is 0.397 e. The van der Waals surface area contributed by atoms with Gasteiger partial charge in [-0.2, -0.15) is 0 Å². The molecule has 1 aromatic rings. The average molecular weight is 230 g/mol. The molecule has 2 unspecified atom stereocenters. The Balaban J connectivity index is 2.24. The fourth-order valence-electron chi connectivity index (χ4n) is 1.62. The maximum atomic E-state index is 9.39. The minimum Gasteiger partial charge on any atom is -0.397 e.